The van der Waals surface area contributed by atoms with Gasteiger partial charge in [0.15, 0.2) is 0 Å². The third-order valence-electron chi connectivity index (χ3n) is 5.85. The summed E-state index contributed by atoms with van der Waals surface area (Å²) in [5, 5.41) is 30.5. The quantitative estimate of drug-likeness (QED) is 0.303. The Kier molecular flexibility index (Phi) is 5.88. The van der Waals surface area contributed by atoms with Gasteiger partial charge in [0.1, 0.15) is 28.7 Å². The molecule has 5 nitrogen and oxygen atoms in total. The molecule has 33 heavy (non-hydrogen) atoms. The van der Waals surface area contributed by atoms with Crippen LogP contribution in [0.15, 0.2) is 72.8 Å². The lowest BCUT2D eigenvalue weighted by atomic mass is 10.1. The summed E-state index contributed by atoms with van der Waals surface area (Å²) in [6.45, 7) is 7.45. The van der Waals surface area contributed by atoms with Crippen molar-refractivity contribution in [3.05, 3.63) is 95.1 Å². The molecule has 0 aliphatic heterocycles. The maximum Gasteiger partial charge on any atom is 0.130 e. The Balaban J connectivity index is 1.76. The minimum absolute atomic E-state index is 0.202. The number of aromatic hydroxyl groups is 3. The number of ether oxygens (including phenoxy) is 1. The van der Waals surface area contributed by atoms with E-state index in [1.54, 1.807) is 30.3 Å². The summed E-state index contributed by atoms with van der Waals surface area (Å²) in [4.78, 5) is 2.00. The van der Waals surface area contributed by atoms with Crippen molar-refractivity contribution in [2.45, 2.75) is 27.7 Å². The van der Waals surface area contributed by atoms with Gasteiger partial charge in [-0.25, -0.2) is 0 Å². The number of hydrogen-bond donors (Lipinski definition) is 3. The van der Waals surface area contributed by atoms with Crippen LogP contribution in [-0.2, 0) is 0 Å². The van der Waals surface area contributed by atoms with Crippen molar-refractivity contribution < 1.29 is 20.1 Å². The average Bonchev–Trinajstić information content (AvgIpc) is 2.79. The molecule has 0 spiro atoms. The first-order valence-corrected chi connectivity index (χ1v) is 10.7. The highest BCUT2D eigenvalue weighted by atomic mass is 16.5. The third kappa shape index (κ3) is 4.30. The van der Waals surface area contributed by atoms with Crippen LogP contribution in [0.2, 0.25) is 0 Å². The second-order valence-corrected chi connectivity index (χ2v) is 8.18. The fourth-order valence-corrected chi connectivity index (χ4v) is 3.79. The lowest BCUT2D eigenvalue weighted by molar-refractivity contribution is 0.458. The van der Waals surface area contributed by atoms with E-state index >= 15 is 0 Å². The minimum Gasteiger partial charge on any atom is -0.508 e. The van der Waals surface area contributed by atoms with E-state index in [0.29, 0.717) is 11.5 Å². The predicted octanol–water partition coefficient (Wildman–Crippen LogP) is 7.30. The van der Waals surface area contributed by atoms with Crippen LogP contribution < -0.4 is 9.64 Å². The largest absolute Gasteiger partial charge is 0.508 e. The third-order valence-corrected chi connectivity index (χ3v) is 5.85. The molecule has 0 aromatic heterocycles. The van der Waals surface area contributed by atoms with Gasteiger partial charge in [0, 0.05) is 16.8 Å². The van der Waals surface area contributed by atoms with Crippen molar-refractivity contribution in [3.63, 3.8) is 0 Å². The number of hydrogen-bond acceptors (Lipinski definition) is 5. The molecular formula is C28H27NO4. The lowest BCUT2D eigenvalue weighted by Gasteiger charge is -2.29. The summed E-state index contributed by atoms with van der Waals surface area (Å²) in [7, 11) is 0. The summed E-state index contributed by atoms with van der Waals surface area (Å²) in [5.74, 6) is 1.99. The van der Waals surface area contributed by atoms with E-state index in [0.717, 1.165) is 39.3 Å². The zero-order chi connectivity index (χ0) is 23.7. The maximum absolute atomic E-state index is 10.3. The minimum atomic E-state index is 0.202. The van der Waals surface area contributed by atoms with Gasteiger partial charge in [0.05, 0.1) is 11.4 Å². The number of benzene rings is 4. The van der Waals surface area contributed by atoms with E-state index in [9.17, 15) is 15.3 Å². The molecule has 0 atom stereocenters. The zero-order valence-electron chi connectivity index (χ0n) is 19.1. The summed E-state index contributed by atoms with van der Waals surface area (Å²) >= 11 is 0. The van der Waals surface area contributed by atoms with Gasteiger partial charge in [-0.3, -0.25) is 0 Å². The summed E-state index contributed by atoms with van der Waals surface area (Å²) in [6, 6.07) is 21.9. The Bertz CT molecular complexity index is 1260. The molecule has 0 amide bonds. The highest BCUT2D eigenvalue weighted by Gasteiger charge is 2.19. The average molecular weight is 442 g/mol. The van der Waals surface area contributed by atoms with Gasteiger partial charge in [-0.05, 0) is 99.5 Å². The topological polar surface area (TPSA) is 73.2 Å². The number of phenols is 3. The number of anilines is 3. The lowest BCUT2D eigenvalue weighted by Crippen LogP contribution is -2.12. The molecule has 0 fully saturated rings. The first-order chi connectivity index (χ1) is 15.8. The Labute approximate surface area is 193 Å². The maximum atomic E-state index is 10.3. The second-order valence-electron chi connectivity index (χ2n) is 8.18. The van der Waals surface area contributed by atoms with E-state index in [1.807, 2.05) is 75.1 Å². The molecule has 3 N–H and O–H groups in total. The van der Waals surface area contributed by atoms with Gasteiger partial charge in [-0.15, -0.1) is 0 Å². The molecule has 4 rings (SSSR count). The fraction of sp³-hybridized carbons (Fsp3) is 0.143. The van der Waals surface area contributed by atoms with E-state index < -0.39 is 0 Å². The molecule has 0 aliphatic carbocycles. The van der Waals surface area contributed by atoms with Crippen LogP contribution >= 0.6 is 0 Å². The molecule has 0 bridgehead atoms. The van der Waals surface area contributed by atoms with E-state index in [1.165, 1.54) is 0 Å². The normalized spacial score (nSPS) is 10.8. The number of rotatable bonds is 5. The van der Waals surface area contributed by atoms with Gasteiger partial charge in [0.2, 0.25) is 0 Å². The van der Waals surface area contributed by atoms with E-state index in [4.69, 9.17) is 4.74 Å². The number of phenolic OH excluding ortho intramolecular Hbond substituents is 3. The van der Waals surface area contributed by atoms with Crippen LogP contribution in [-0.4, -0.2) is 15.3 Å². The molecular weight excluding hydrogens is 414 g/mol. The van der Waals surface area contributed by atoms with Crippen molar-refractivity contribution >= 4 is 17.1 Å². The molecule has 4 aromatic rings. The molecule has 0 aliphatic rings. The standard InChI is InChI=1S/C28H27NO4/c1-17-16-28(18(2)15-27(17)32)33-22-13-11-21(12-14-22)29(23-7-5-9-25(30)19(23)3)24-8-6-10-26(31)20(24)4/h5-16,30-32H,1-4H3. The monoisotopic (exact) mass is 441 g/mol. The van der Waals surface area contributed by atoms with Gasteiger partial charge in [0.25, 0.3) is 0 Å². The molecule has 0 saturated heterocycles. The van der Waals surface area contributed by atoms with Crippen molar-refractivity contribution in [1.82, 2.24) is 0 Å². The Hall–Kier alpha value is -4.12. The molecule has 0 unspecified atom stereocenters. The molecule has 4 aromatic carbocycles. The molecule has 168 valence electrons. The van der Waals surface area contributed by atoms with Crippen LogP contribution in [0.5, 0.6) is 28.7 Å². The molecule has 0 saturated carbocycles. The van der Waals surface area contributed by atoms with Crippen molar-refractivity contribution in [1.29, 1.82) is 0 Å². The Morgan fingerprint density at radius 2 is 1.15 bits per heavy atom. The van der Waals surface area contributed by atoms with Gasteiger partial charge in [-0.2, -0.15) is 0 Å². The van der Waals surface area contributed by atoms with Gasteiger partial charge in [-0.1, -0.05) is 12.1 Å². The first-order valence-electron chi connectivity index (χ1n) is 10.7. The highest BCUT2D eigenvalue weighted by Crippen LogP contribution is 2.42. The number of aryl methyl sites for hydroxylation is 2. The van der Waals surface area contributed by atoms with Crippen LogP contribution in [0.25, 0.3) is 0 Å². The SMILES string of the molecule is Cc1cc(Oc2ccc(N(c3cccc(O)c3C)c3cccc(O)c3C)cc2)c(C)cc1O. The smallest absolute Gasteiger partial charge is 0.130 e. The first kappa shape index (κ1) is 22.1. The van der Waals surface area contributed by atoms with Gasteiger partial charge >= 0.3 is 0 Å². The van der Waals surface area contributed by atoms with Crippen molar-refractivity contribution in [2.24, 2.45) is 0 Å². The van der Waals surface area contributed by atoms with Crippen LogP contribution in [0, 0.1) is 27.7 Å². The van der Waals surface area contributed by atoms with Crippen molar-refractivity contribution in [2.75, 3.05) is 4.90 Å². The number of nitrogens with zero attached hydrogens (tertiary/aromatic N) is 1. The van der Waals surface area contributed by atoms with E-state index in [2.05, 4.69) is 0 Å². The fourth-order valence-electron chi connectivity index (χ4n) is 3.79. The molecule has 0 radical (unpaired) electrons. The summed E-state index contributed by atoms with van der Waals surface area (Å²) < 4.78 is 6.07. The molecule has 0 heterocycles. The van der Waals surface area contributed by atoms with E-state index in [-0.39, 0.29) is 17.2 Å². The Morgan fingerprint density at radius 1 is 0.606 bits per heavy atom. The summed E-state index contributed by atoms with van der Waals surface area (Å²) in [5.41, 5.74) is 5.52. The Morgan fingerprint density at radius 3 is 1.70 bits per heavy atom. The second kappa shape index (κ2) is 8.79. The van der Waals surface area contributed by atoms with Crippen LogP contribution in [0.4, 0.5) is 17.1 Å². The molecule has 5 heteroatoms. The van der Waals surface area contributed by atoms with Crippen molar-refractivity contribution in [3.8, 4) is 28.7 Å². The van der Waals surface area contributed by atoms with Gasteiger partial charge < -0.3 is 25.0 Å². The van der Waals surface area contributed by atoms with Crippen LogP contribution in [0.1, 0.15) is 22.3 Å². The zero-order valence-corrected chi connectivity index (χ0v) is 19.1. The predicted molar refractivity (Wildman–Crippen MR) is 132 cm³/mol. The highest BCUT2D eigenvalue weighted by molar-refractivity contribution is 5.82. The summed E-state index contributed by atoms with van der Waals surface area (Å²) in [6.07, 6.45) is 0. The van der Waals surface area contributed by atoms with Crippen LogP contribution in [0.3, 0.4) is 0 Å².